The molecule has 3 rings (SSSR count). The molecule has 2 heterocycles. The number of anilines is 1. The van der Waals surface area contributed by atoms with E-state index in [1.54, 1.807) is 0 Å². The number of carbonyl (C=O) groups excluding carboxylic acids is 2. The van der Waals surface area contributed by atoms with E-state index in [1.807, 2.05) is 5.38 Å². The maximum Gasteiger partial charge on any atom is 0.305 e. The first kappa shape index (κ1) is 16.6. The third-order valence-electron chi connectivity index (χ3n) is 4.07. The van der Waals surface area contributed by atoms with E-state index in [0.717, 1.165) is 29.9 Å². The highest BCUT2D eigenvalue weighted by atomic mass is 32.1. The summed E-state index contributed by atoms with van der Waals surface area (Å²) in [7, 11) is 1.38. The lowest BCUT2D eigenvalue weighted by Crippen LogP contribution is -2.28. The van der Waals surface area contributed by atoms with Crippen LogP contribution in [-0.4, -0.2) is 39.4 Å². The number of esters is 1. The van der Waals surface area contributed by atoms with Crippen LogP contribution in [0.2, 0.25) is 0 Å². The van der Waals surface area contributed by atoms with Crippen LogP contribution >= 0.6 is 11.3 Å². The van der Waals surface area contributed by atoms with Crippen LogP contribution in [-0.2, 0) is 33.6 Å². The minimum Gasteiger partial charge on any atom is -0.469 e. The van der Waals surface area contributed by atoms with E-state index in [2.05, 4.69) is 30.4 Å². The highest BCUT2D eigenvalue weighted by molar-refractivity contribution is 7.13. The molecule has 0 aliphatic heterocycles. The van der Waals surface area contributed by atoms with E-state index < -0.39 is 0 Å². The fraction of sp³-hybridized carbons (Fsp3) is 0.533. The highest BCUT2D eigenvalue weighted by Crippen LogP contribution is 2.24. The van der Waals surface area contributed by atoms with Crippen molar-refractivity contribution < 1.29 is 14.3 Å². The number of rotatable bonds is 6. The first-order valence-corrected chi connectivity index (χ1v) is 8.74. The van der Waals surface area contributed by atoms with Gasteiger partial charge in [0, 0.05) is 24.1 Å². The molecule has 0 saturated heterocycles. The van der Waals surface area contributed by atoms with Crippen molar-refractivity contribution in [1.82, 2.24) is 20.4 Å². The van der Waals surface area contributed by atoms with Crippen molar-refractivity contribution in [3.05, 3.63) is 22.5 Å². The Balaban J connectivity index is 1.49. The Morgan fingerprint density at radius 2 is 2.25 bits per heavy atom. The maximum atomic E-state index is 12.4. The predicted octanol–water partition coefficient (Wildman–Crippen LogP) is 1.50. The molecule has 128 valence electrons. The molecule has 0 radical (unpaired) electrons. The van der Waals surface area contributed by atoms with Gasteiger partial charge < -0.3 is 10.1 Å². The summed E-state index contributed by atoms with van der Waals surface area (Å²) in [6, 6.07) is 0. The zero-order chi connectivity index (χ0) is 16.9. The Labute approximate surface area is 143 Å². The van der Waals surface area contributed by atoms with Gasteiger partial charge in [0.15, 0.2) is 5.13 Å². The zero-order valence-electron chi connectivity index (χ0n) is 13.4. The molecule has 24 heavy (non-hydrogen) atoms. The Hall–Kier alpha value is -2.29. The first-order valence-electron chi connectivity index (χ1n) is 7.86. The number of H-pyrrole nitrogens is 1. The fourth-order valence-electron chi connectivity index (χ4n) is 2.71. The first-order chi connectivity index (χ1) is 11.7. The van der Waals surface area contributed by atoms with Crippen LogP contribution in [0, 0.1) is 5.92 Å². The number of aryl methyl sites for hydroxylation is 2. The Kier molecular flexibility index (Phi) is 5.19. The number of aromatic nitrogens is 4. The quantitative estimate of drug-likeness (QED) is 0.765. The largest absolute Gasteiger partial charge is 0.469 e. The molecule has 2 aromatic rings. The van der Waals surface area contributed by atoms with Gasteiger partial charge in [-0.1, -0.05) is 0 Å². The molecular weight excluding hydrogens is 330 g/mol. The van der Waals surface area contributed by atoms with Crippen molar-refractivity contribution in [1.29, 1.82) is 0 Å². The van der Waals surface area contributed by atoms with Crippen molar-refractivity contribution in [2.45, 2.75) is 38.5 Å². The highest BCUT2D eigenvalue weighted by Gasteiger charge is 2.27. The van der Waals surface area contributed by atoms with E-state index in [4.69, 9.17) is 0 Å². The lowest BCUT2D eigenvalue weighted by molar-refractivity contribution is -0.140. The number of thiazole rings is 1. The molecule has 0 saturated carbocycles. The van der Waals surface area contributed by atoms with Crippen LogP contribution in [0.5, 0.6) is 0 Å². The molecule has 0 fully saturated rings. The van der Waals surface area contributed by atoms with Gasteiger partial charge in [0.1, 0.15) is 0 Å². The van der Waals surface area contributed by atoms with Gasteiger partial charge in [0.25, 0.3) is 0 Å². The standard InChI is InChI=1S/C15H19N5O3S/c1-23-13(21)4-2-3-10-8-24-15(16-10)17-14(22)9-5-6-11-12(7-9)19-20-18-11/h8-9H,2-7H2,1H3,(H,16,17,22)(H,18,19,20). The van der Waals surface area contributed by atoms with Crippen molar-refractivity contribution in [2.24, 2.45) is 5.92 Å². The molecule has 1 amide bonds. The molecule has 1 unspecified atom stereocenters. The van der Waals surface area contributed by atoms with Gasteiger partial charge in [-0.05, 0) is 25.7 Å². The third kappa shape index (κ3) is 3.97. The van der Waals surface area contributed by atoms with Crippen LogP contribution in [0.15, 0.2) is 5.38 Å². The van der Waals surface area contributed by atoms with Gasteiger partial charge in [-0.2, -0.15) is 15.4 Å². The lowest BCUT2D eigenvalue weighted by atomic mass is 9.89. The summed E-state index contributed by atoms with van der Waals surface area (Å²) < 4.78 is 4.61. The zero-order valence-corrected chi connectivity index (χ0v) is 14.2. The minimum absolute atomic E-state index is 0.0286. The Bertz CT molecular complexity index is 726. The number of carbonyl (C=O) groups is 2. The third-order valence-corrected chi connectivity index (χ3v) is 4.87. The second-order valence-electron chi connectivity index (χ2n) is 5.72. The van der Waals surface area contributed by atoms with Crippen LogP contribution < -0.4 is 5.32 Å². The maximum absolute atomic E-state index is 12.4. The van der Waals surface area contributed by atoms with Gasteiger partial charge in [0.05, 0.1) is 24.2 Å². The number of aromatic amines is 1. The topological polar surface area (TPSA) is 110 Å². The van der Waals surface area contributed by atoms with Crippen LogP contribution in [0.1, 0.15) is 36.3 Å². The van der Waals surface area contributed by atoms with E-state index in [9.17, 15) is 9.59 Å². The number of hydrogen-bond acceptors (Lipinski definition) is 7. The number of methoxy groups -OCH3 is 1. The molecule has 0 spiro atoms. The van der Waals surface area contributed by atoms with Crippen molar-refractivity contribution in [2.75, 3.05) is 12.4 Å². The molecular formula is C15H19N5O3S. The van der Waals surface area contributed by atoms with Gasteiger partial charge >= 0.3 is 5.97 Å². The van der Waals surface area contributed by atoms with E-state index >= 15 is 0 Å². The summed E-state index contributed by atoms with van der Waals surface area (Å²) in [5.41, 5.74) is 2.71. The summed E-state index contributed by atoms with van der Waals surface area (Å²) in [5, 5.41) is 16.2. The van der Waals surface area contributed by atoms with E-state index in [0.29, 0.717) is 30.8 Å². The number of hydrogen-bond donors (Lipinski definition) is 2. The molecule has 1 atom stereocenters. The predicted molar refractivity (Wildman–Crippen MR) is 87.6 cm³/mol. The summed E-state index contributed by atoms with van der Waals surface area (Å²) >= 11 is 1.40. The number of nitrogens with zero attached hydrogens (tertiary/aromatic N) is 3. The summed E-state index contributed by atoms with van der Waals surface area (Å²) in [6.07, 6.45) is 3.88. The van der Waals surface area contributed by atoms with Gasteiger partial charge in [0.2, 0.25) is 5.91 Å². The second kappa shape index (κ2) is 7.52. The monoisotopic (exact) mass is 349 g/mol. The van der Waals surface area contributed by atoms with Gasteiger partial charge in [-0.3, -0.25) is 9.59 Å². The lowest BCUT2D eigenvalue weighted by Gasteiger charge is -2.18. The molecule has 2 N–H and O–H groups in total. The number of amides is 1. The van der Waals surface area contributed by atoms with Crippen molar-refractivity contribution in [3.63, 3.8) is 0 Å². The molecule has 1 aliphatic rings. The smallest absolute Gasteiger partial charge is 0.305 e. The summed E-state index contributed by atoms with van der Waals surface area (Å²) in [4.78, 5) is 27.9. The Morgan fingerprint density at radius 3 is 3.08 bits per heavy atom. The average molecular weight is 349 g/mol. The molecule has 1 aliphatic carbocycles. The minimum atomic E-state index is -0.219. The second-order valence-corrected chi connectivity index (χ2v) is 6.58. The van der Waals surface area contributed by atoms with Crippen LogP contribution in [0.3, 0.4) is 0 Å². The van der Waals surface area contributed by atoms with Crippen LogP contribution in [0.25, 0.3) is 0 Å². The number of nitrogens with one attached hydrogen (secondary N) is 2. The molecule has 8 nitrogen and oxygen atoms in total. The summed E-state index contributed by atoms with van der Waals surface area (Å²) in [6.45, 7) is 0. The van der Waals surface area contributed by atoms with Crippen molar-refractivity contribution >= 4 is 28.3 Å². The normalized spacial score (nSPS) is 16.5. The molecule has 9 heteroatoms. The van der Waals surface area contributed by atoms with E-state index in [-0.39, 0.29) is 17.8 Å². The fourth-order valence-corrected chi connectivity index (χ4v) is 3.46. The molecule has 2 aromatic heterocycles. The molecule has 0 aromatic carbocycles. The number of fused-ring (bicyclic) bond motifs is 1. The van der Waals surface area contributed by atoms with Crippen LogP contribution in [0.4, 0.5) is 5.13 Å². The Morgan fingerprint density at radius 1 is 1.42 bits per heavy atom. The van der Waals surface area contributed by atoms with Crippen molar-refractivity contribution in [3.8, 4) is 0 Å². The molecule has 0 bridgehead atoms. The van der Waals surface area contributed by atoms with E-state index in [1.165, 1.54) is 18.4 Å². The summed E-state index contributed by atoms with van der Waals surface area (Å²) in [5.74, 6) is -0.350. The number of ether oxygens (including phenoxy) is 1. The SMILES string of the molecule is COC(=O)CCCc1csc(NC(=O)C2CCc3n[nH]nc3C2)n1. The van der Waals surface area contributed by atoms with Gasteiger partial charge in [-0.15, -0.1) is 11.3 Å². The van der Waals surface area contributed by atoms with Gasteiger partial charge in [-0.25, -0.2) is 4.98 Å². The average Bonchev–Trinajstić information content (AvgIpc) is 3.23.